The van der Waals surface area contributed by atoms with Crippen LogP contribution in [0, 0.1) is 11.8 Å². The summed E-state index contributed by atoms with van der Waals surface area (Å²) in [5, 5.41) is 10.2. The second-order valence-corrected chi connectivity index (χ2v) is 12.1. The van der Waals surface area contributed by atoms with Gasteiger partial charge in [-0.2, -0.15) is 0 Å². The first-order chi connectivity index (χ1) is 18.4. The number of hydrogen-bond acceptors (Lipinski definition) is 5. The Morgan fingerprint density at radius 3 is 2.33 bits per heavy atom. The quantitative estimate of drug-likeness (QED) is 0.461. The molecule has 3 heterocycles. The van der Waals surface area contributed by atoms with Gasteiger partial charge in [0.25, 0.3) is 0 Å². The predicted molar refractivity (Wildman–Crippen MR) is 151 cm³/mol. The second kappa shape index (κ2) is 10.5. The Morgan fingerprint density at radius 2 is 1.79 bits per heavy atom. The van der Waals surface area contributed by atoms with Gasteiger partial charge in [-0.15, -0.1) is 13.2 Å². The maximum atomic E-state index is 14.5. The Balaban J connectivity index is 1.86. The standard InChI is InChI=1S/C31H43N3O5/c1-8-18-32(22-14-12-11-13-15-22)26(36)23-24-27(37)34(21(4)20-35)25(28(38)33(19-9-2)29(5,6)7)31(24)17-16-30(23,10-3)39-31/h8-9,11-15,21,23-25,35H,1-2,10,16-20H2,3-7H3/t21-,23+,24+,25?,30-,31?/m1/s1. The number of carbonyl (C=O) groups is 3. The minimum atomic E-state index is -1.16. The van der Waals surface area contributed by atoms with Crippen molar-refractivity contribution in [1.29, 1.82) is 0 Å². The lowest BCUT2D eigenvalue weighted by atomic mass is 9.64. The number of ether oxygens (including phenoxy) is 1. The Kier molecular flexibility index (Phi) is 7.85. The third-order valence-electron chi connectivity index (χ3n) is 8.89. The van der Waals surface area contributed by atoms with E-state index in [-0.39, 0.29) is 30.9 Å². The Morgan fingerprint density at radius 1 is 1.15 bits per heavy atom. The van der Waals surface area contributed by atoms with Crippen molar-refractivity contribution in [2.24, 2.45) is 11.8 Å². The molecule has 39 heavy (non-hydrogen) atoms. The predicted octanol–water partition coefficient (Wildman–Crippen LogP) is 3.55. The summed E-state index contributed by atoms with van der Waals surface area (Å²) in [6.45, 7) is 17.5. The van der Waals surface area contributed by atoms with Crippen molar-refractivity contribution in [1.82, 2.24) is 9.80 Å². The van der Waals surface area contributed by atoms with Crippen LogP contribution in [0.1, 0.15) is 53.9 Å². The van der Waals surface area contributed by atoms with E-state index in [0.717, 1.165) is 0 Å². The molecule has 0 aromatic heterocycles. The fraction of sp³-hybridized carbons (Fsp3) is 0.581. The van der Waals surface area contributed by atoms with Gasteiger partial charge < -0.3 is 24.5 Å². The van der Waals surface area contributed by atoms with E-state index in [1.807, 2.05) is 58.0 Å². The van der Waals surface area contributed by atoms with Gasteiger partial charge in [-0.05, 0) is 59.1 Å². The molecule has 2 unspecified atom stereocenters. The van der Waals surface area contributed by atoms with Gasteiger partial charge in [0.15, 0.2) is 0 Å². The molecule has 0 saturated carbocycles. The summed E-state index contributed by atoms with van der Waals surface area (Å²) in [4.78, 5) is 48.1. The summed E-state index contributed by atoms with van der Waals surface area (Å²) < 4.78 is 6.90. The SMILES string of the molecule is C=CCN(C(=O)[C@@H]1[C@H]2C(=O)N([C@H](C)CO)C(C(=O)N(CC=C)C(C)(C)C)C23CC[C@@]1(CC)O3)c1ccccc1. The molecule has 1 spiro atoms. The number of aliphatic hydroxyl groups excluding tert-OH is 1. The lowest BCUT2D eigenvalue weighted by molar-refractivity contribution is -0.158. The number of aliphatic hydroxyl groups is 1. The number of carbonyl (C=O) groups excluding carboxylic acids is 3. The van der Waals surface area contributed by atoms with Crippen molar-refractivity contribution in [3.8, 4) is 0 Å². The maximum absolute atomic E-state index is 14.5. The number of benzene rings is 1. The molecule has 1 aromatic rings. The van der Waals surface area contributed by atoms with E-state index in [9.17, 15) is 19.5 Å². The van der Waals surface area contributed by atoms with Crippen molar-refractivity contribution >= 4 is 23.4 Å². The highest BCUT2D eigenvalue weighted by atomic mass is 16.5. The maximum Gasteiger partial charge on any atom is 0.249 e. The molecule has 3 fully saturated rings. The third-order valence-corrected chi connectivity index (χ3v) is 8.89. The molecule has 3 saturated heterocycles. The first kappa shape index (κ1) is 29.0. The average Bonchev–Trinajstić information content (AvgIpc) is 3.52. The summed E-state index contributed by atoms with van der Waals surface area (Å²) in [6, 6.07) is 7.78. The highest BCUT2D eigenvalue weighted by molar-refractivity contribution is 6.03. The van der Waals surface area contributed by atoms with Crippen molar-refractivity contribution in [3.63, 3.8) is 0 Å². The zero-order chi connectivity index (χ0) is 28.8. The molecule has 8 heteroatoms. The van der Waals surface area contributed by atoms with Gasteiger partial charge in [0.2, 0.25) is 17.7 Å². The summed E-state index contributed by atoms with van der Waals surface area (Å²) in [5.74, 6) is -2.35. The van der Waals surface area contributed by atoms with Crippen LogP contribution in [0.2, 0.25) is 0 Å². The average molecular weight is 538 g/mol. The topological polar surface area (TPSA) is 90.4 Å². The summed E-state index contributed by atoms with van der Waals surface area (Å²) in [6.07, 6.45) is 4.95. The van der Waals surface area contributed by atoms with Crippen LogP contribution in [0.15, 0.2) is 55.6 Å². The van der Waals surface area contributed by atoms with Crippen LogP contribution in [-0.2, 0) is 19.1 Å². The van der Waals surface area contributed by atoms with Crippen LogP contribution < -0.4 is 4.90 Å². The number of rotatable bonds is 10. The molecule has 8 nitrogen and oxygen atoms in total. The summed E-state index contributed by atoms with van der Waals surface area (Å²) in [5.41, 5.74) is -1.84. The van der Waals surface area contributed by atoms with Crippen LogP contribution >= 0.6 is 0 Å². The van der Waals surface area contributed by atoms with Gasteiger partial charge in [0.1, 0.15) is 11.6 Å². The van der Waals surface area contributed by atoms with Gasteiger partial charge in [-0.3, -0.25) is 14.4 Å². The Bertz CT molecular complexity index is 1130. The van der Waals surface area contributed by atoms with Crippen molar-refractivity contribution < 1.29 is 24.2 Å². The normalized spacial score (nSPS) is 30.2. The number of nitrogens with zero attached hydrogens (tertiary/aromatic N) is 3. The van der Waals surface area contributed by atoms with Gasteiger partial charge in [0.05, 0.1) is 30.1 Å². The van der Waals surface area contributed by atoms with E-state index in [0.29, 0.717) is 31.5 Å². The Labute approximate surface area is 232 Å². The lowest BCUT2D eigenvalue weighted by Gasteiger charge is -2.43. The first-order valence-corrected chi connectivity index (χ1v) is 14.0. The van der Waals surface area contributed by atoms with Crippen LogP contribution in [0.5, 0.6) is 0 Å². The summed E-state index contributed by atoms with van der Waals surface area (Å²) in [7, 11) is 0. The van der Waals surface area contributed by atoms with Crippen molar-refractivity contribution in [2.45, 2.75) is 82.7 Å². The van der Waals surface area contributed by atoms with E-state index in [2.05, 4.69) is 13.2 Å². The van der Waals surface area contributed by atoms with Crippen molar-refractivity contribution in [2.75, 3.05) is 24.6 Å². The number of fused-ring (bicyclic) bond motifs is 1. The van der Waals surface area contributed by atoms with Gasteiger partial charge in [-0.1, -0.05) is 37.3 Å². The first-order valence-electron chi connectivity index (χ1n) is 14.0. The van der Waals surface area contributed by atoms with Gasteiger partial charge >= 0.3 is 0 Å². The van der Waals surface area contributed by atoms with Crippen LogP contribution in [0.3, 0.4) is 0 Å². The fourth-order valence-corrected chi connectivity index (χ4v) is 7.07. The highest BCUT2D eigenvalue weighted by Crippen LogP contribution is 2.65. The molecular weight excluding hydrogens is 494 g/mol. The number of anilines is 1. The van der Waals surface area contributed by atoms with Gasteiger partial charge in [0, 0.05) is 24.3 Å². The highest BCUT2D eigenvalue weighted by Gasteiger charge is 2.79. The van der Waals surface area contributed by atoms with Crippen LogP contribution in [-0.4, -0.2) is 81.1 Å². The molecule has 1 N–H and O–H groups in total. The number of hydrogen-bond donors (Lipinski definition) is 1. The monoisotopic (exact) mass is 537 g/mol. The zero-order valence-electron chi connectivity index (χ0n) is 23.9. The summed E-state index contributed by atoms with van der Waals surface area (Å²) >= 11 is 0. The lowest BCUT2D eigenvalue weighted by Crippen LogP contribution is -2.61. The van der Waals surface area contributed by atoms with E-state index in [1.54, 1.807) is 28.9 Å². The molecule has 2 bridgehead atoms. The molecule has 1 aromatic carbocycles. The van der Waals surface area contributed by atoms with Crippen LogP contribution in [0.25, 0.3) is 0 Å². The second-order valence-electron chi connectivity index (χ2n) is 12.1. The van der Waals surface area contributed by atoms with E-state index in [4.69, 9.17) is 4.74 Å². The number of amides is 3. The van der Waals surface area contributed by atoms with Gasteiger partial charge in [-0.25, -0.2) is 0 Å². The van der Waals surface area contributed by atoms with E-state index < -0.39 is 40.7 Å². The smallest absolute Gasteiger partial charge is 0.249 e. The minimum Gasteiger partial charge on any atom is -0.394 e. The molecule has 3 aliphatic rings. The molecule has 3 amide bonds. The van der Waals surface area contributed by atoms with Crippen molar-refractivity contribution in [3.05, 3.63) is 55.6 Å². The molecular formula is C31H43N3O5. The number of likely N-dealkylation sites (tertiary alicyclic amines) is 1. The molecule has 0 aliphatic carbocycles. The van der Waals surface area contributed by atoms with E-state index in [1.165, 1.54) is 4.90 Å². The van der Waals surface area contributed by atoms with Crippen LogP contribution in [0.4, 0.5) is 5.69 Å². The minimum absolute atomic E-state index is 0.202. The molecule has 212 valence electrons. The zero-order valence-corrected chi connectivity index (χ0v) is 23.9. The largest absolute Gasteiger partial charge is 0.394 e. The van der Waals surface area contributed by atoms with E-state index >= 15 is 0 Å². The molecule has 6 atom stereocenters. The fourth-order valence-electron chi connectivity index (χ4n) is 7.07. The third kappa shape index (κ3) is 4.42. The molecule has 3 aliphatic heterocycles. The molecule has 4 rings (SSSR count). The Hall–Kier alpha value is -2.97. The molecule has 0 radical (unpaired) electrons. The number of para-hydroxylation sites is 1.